The van der Waals surface area contributed by atoms with Crippen LogP contribution < -0.4 is 5.32 Å². The molecule has 1 atom stereocenters. The Hall–Kier alpha value is -1.50. The summed E-state index contributed by atoms with van der Waals surface area (Å²) in [6, 6.07) is 9.80. The molecule has 1 aliphatic heterocycles. The van der Waals surface area contributed by atoms with Gasteiger partial charge in [-0.3, -0.25) is 4.98 Å². The fourth-order valence-corrected chi connectivity index (χ4v) is 3.60. The van der Waals surface area contributed by atoms with Gasteiger partial charge in [-0.1, -0.05) is 36.5 Å². The van der Waals surface area contributed by atoms with Crippen molar-refractivity contribution in [2.75, 3.05) is 0 Å². The fourth-order valence-electron chi connectivity index (χ4n) is 2.18. The molecule has 1 unspecified atom stereocenters. The SMILES string of the molecule is CC1(C)NC([S+]([O-])Cc2cccc3cccnc23)=NC1=S. The van der Waals surface area contributed by atoms with E-state index < -0.39 is 16.7 Å². The van der Waals surface area contributed by atoms with Gasteiger partial charge in [0.2, 0.25) is 0 Å². The van der Waals surface area contributed by atoms with E-state index in [-0.39, 0.29) is 0 Å². The molecule has 108 valence electrons. The maximum atomic E-state index is 12.5. The van der Waals surface area contributed by atoms with Gasteiger partial charge >= 0.3 is 5.17 Å². The van der Waals surface area contributed by atoms with Crippen LogP contribution in [0, 0.1) is 0 Å². The summed E-state index contributed by atoms with van der Waals surface area (Å²) >= 11 is 3.94. The van der Waals surface area contributed by atoms with Gasteiger partial charge < -0.3 is 9.87 Å². The summed E-state index contributed by atoms with van der Waals surface area (Å²) in [7, 11) is 0. The van der Waals surface area contributed by atoms with Gasteiger partial charge in [0.05, 0.1) is 11.1 Å². The number of hydrogen-bond acceptors (Lipinski definition) is 4. The minimum absolute atomic E-state index is 0.374. The molecule has 0 spiro atoms. The lowest BCUT2D eigenvalue weighted by molar-refractivity contribution is 0.598. The molecule has 0 aliphatic carbocycles. The molecular formula is C15H15N3OS2. The Kier molecular flexibility index (Phi) is 3.69. The van der Waals surface area contributed by atoms with Crippen LogP contribution in [0.5, 0.6) is 0 Å². The molecule has 2 heterocycles. The predicted molar refractivity (Wildman–Crippen MR) is 90.8 cm³/mol. The van der Waals surface area contributed by atoms with Crippen LogP contribution in [0.2, 0.25) is 0 Å². The Labute approximate surface area is 131 Å². The third-order valence-electron chi connectivity index (χ3n) is 3.38. The number of rotatable bonds is 2. The average Bonchev–Trinajstić information content (AvgIpc) is 2.73. The van der Waals surface area contributed by atoms with E-state index in [1.807, 2.05) is 44.2 Å². The van der Waals surface area contributed by atoms with E-state index >= 15 is 0 Å². The minimum atomic E-state index is -1.26. The first-order valence-corrected chi connectivity index (χ1v) is 8.32. The molecule has 0 saturated heterocycles. The molecule has 1 aromatic carbocycles. The van der Waals surface area contributed by atoms with E-state index in [1.165, 1.54) is 0 Å². The zero-order valence-electron chi connectivity index (χ0n) is 11.8. The van der Waals surface area contributed by atoms with Crippen LogP contribution in [-0.2, 0) is 16.9 Å². The first-order chi connectivity index (χ1) is 9.97. The number of thiocarbonyl (C=S) groups is 1. The monoisotopic (exact) mass is 317 g/mol. The maximum absolute atomic E-state index is 12.5. The molecule has 4 nitrogen and oxygen atoms in total. The van der Waals surface area contributed by atoms with Gasteiger partial charge in [-0.15, -0.1) is 0 Å². The zero-order chi connectivity index (χ0) is 15.0. The highest BCUT2D eigenvalue weighted by atomic mass is 32.2. The summed E-state index contributed by atoms with van der Waals surface area (Å²) in [5.41, 5.74) is 1.43. The largest absolute Gasteiger partial charge is 0.609 e. The molecule has 0 amide bonds. The van der Waals surface area contributed by atoms with Gasteiger partial charge in [-0.25, -0.2) is 0 Å². The maximum Gasteiger partial charge on any atom is 0.318 e. The summed E-state index contributed by atoms with van der Waals surface area (Å²) < 4.78 is 12.5. The summed E-state index contributed by atoms with van der Waals surface area (Å²) in [5, 5.41) is 4.64. The minimum Gasteiger partial charge on any atom is -0.609 e. The third-order valence-corrected chi connectivity index (χ3v) is 5.18. The highest BCUT2D eigenvalue weighted by Crippen LogP contribution is 2.21. The molecule has 1 aromatic heterocycles. The molecule has 2 aromatic rings. The summed E-state index contributed by atoms with van der Waals surface area (Å²) in [5.74, 6) is 0.374. The van der Waals surface area contributed by atoms with Crippen molar-refractivity contribution in [3.05, 3.63) is 42.1 Å². The molecule has 0 bridgehead atoms. The lowest BCUT2D eigenvalue weighted by Crippen LogP contribution is -2.44. The quantitative estimate of drug-likeness (QED) is 0.683. The van der Waals surface area contributed by atoms with Crippen LogP contribution in [0.25, 0.3) is 10.9 Å². The first-order valence-electron chi connectivity index (χ1n) is 6.60. The van der Waals surface area contributed by atoms with Crippen molar-refractivity contribution in [2.45, 2.75) is 25.1 Å². The second-order valence-electron chi connectivity index (χ2n) is 5.45. The summed E-state index contributed by atoms with van der Waals surface area (Å²) in [6.07, 6.45) is 1.75. The Bertz CT molecular complexity index is 737. The Morgan fingerprint density at radius 1 is 1.29 bits per heavy atom. The van der Waals surface area contributed by atoms with Gasteiger partial charge in [0, 0.05) is 28.3 Å². The number of nitrogens with one attached hydrogen (secondary N) is 1. The number of fused-ring (bicyclic) bond motifs is 1. The van der Waals surface area contributed by atoms with Crippen LogP contribution in [-0.4, -0.2) is 25.2 Å². The standard InChI is InChI=1S/C15H15N3OS2/c1-15(2)13(20)17-14(18-15)21(19)9-11-6-3-5-10-7-4-8-16-12(10)11/h3-8H,9H2,1-2H3,(H,17,18,20). The van der Waals surface area contributed by atoms with Crippen LogP contribution in [0.4, 0.5) is 0 Å². The van der Waals surface area contributed by atoms with Crippen molar-refractivity contribution in [2.24, 2.45) is 4.99 Å². The highest BCUT2D eigenvalue weighted by Gasteiger charge is 2.36. The fraction of sp³-hybridized carbons (Fsp3) is 0.267. The van der Waals surface area contributed by atoms with Crippen LogP contribution in [0.3, 0.4) is 0 Å². The van der Waals surface area contributed by atoms with Gasteiger partial charge in [-0.05, 0) is 19.9 Å². The van der Waals surface area contributed by atoms with Gasteiger partial charge in [0.1, 0.15) is 10.7 Å². The highest BCUT2D eigenvalue weighted by molar-refractivity contribution is 8.05. The van der Waals surface area contributed by atoms with E-state index in [0.29, 0.717) is 15.9 Å². The lowest BCUT2D eigenvalue weighted by Gasteiger charge is -2.18. The van der Waals surface area contributed by atoms with Crippen molar-refractivity contribution in [3.8, 4) is 0 Å². The average molecular weight is 317 g/mol. The molecule has 0 saturated carbocycles. The number of para-hydroxylation sites is 1. The van der Waals surface area contributed by atoms with Crippen LogP contribution >= 0.6 is 12.2 Å². The Morgan fingerprint density at radius 3 is 2.76 bits per heavy atom. The first kappa shape index (κ1) is 14.4. The zero-order valence-corrected chi connectivity index (χ0v) is 13.4. The third kappa shape index (κ3) is 2.79. The van der Waals surface area contributed by atoms with Gasteiger partial charge in [-0.2, -0.15) is 4.99 Å². The molecule has 3 rings (SSSR count). The lowest BCUT2D eigenvalue weighted by atomic mass is 10.1. The van der Waals surface area contributed by atoms with E-state index in [9.17, 15) is 4.55 Å². The number of amidine groups is 1. The van der Waals surface area contributed by atoms with Gasteiger partial charge in [0.15, 0.2) is 0 Å². The number of nitrogens with zero attached hydrogens (tertiary/aromatic N) is 2. The summed E-state index contributed by atoms with van der Waals surface area (Å²) in [6.45, 7) is 3.87. The number of aromatic nitrogens is 1. The van der Waals surface area contributed by atoms with Crippen molar-refractivity contribution >= 4 is 44.5 Å². The van der Waals surface area contributed by atoms with Gasteiger partial charge in [0.25, 0.3) is 0 Å². The second kappa shape index (κ2) is 5.36. The van der Waals surface area contributed by atoms with E-state index in [4.69, 9.17) is 12.2 Å². The molecule has 1 aliphatic rings. The molecular weight excluding hydrogens is 302 g/mol. The van der Waals surface area contributed by atoms with Crippen molar-refractivity contribution in [1.82, 2.24) is 10.3 Å². The van der Waals surface area contributed by atoms with Crippen LogP contribution in [0.15, 0.2) is 41.5 Å². The molecule has 21 heavy (non-hydrogen) atoms. The summed E-state index contributed by atoms with van der Waals surface area (Å²) in [4.78, 5) is 9.16. The number of benzene rings is 1. The smallest absolute Gasteiger partial charge is 0.318 e. The Balaban J connectivity index is 1.86. The predicted octanol–water partition coefficient (Wildman–Crippen LogP) is 2.55. The molecule has 0 fully saturated rings. The number of hydrogen-bond donors (Lipinski definition) is 1. The van der Waals surface area contributed by atoms with Crippen LogP contribution in [0.1, 0.15) is 19.4 Å². The van der Waals surface area contributed by atoms with Crippen molar-refractivity contribution < 1.29 is 4.55 Å². The van der Waals surface area contributed by atoms with E-state index in [0.717, 1.165) is 16.5 Å². The van der Waals surface area contributed by atoms with E-state index in [2.05, 4.69) is 15.3 Å². The van der Waals surface area contributed by atoms with E-state index in [1.54, 1.807) is 6.20 Å². The number of pyridine rings is 1. The normalized spacial score (nSPS) is 18.4. The molecule has 1 N–H and O–H groups in total. The molecule has 6 heteroatoms. The second-order valence-corrected chi connectivity index (χ2v) is 7.21. The van der Waals surface area contributed by atoms with Crippen molar-refractivity contribution in [3.63, 3.8) is 0 Å². The topological polar surface area (TPSA) is 60.3 Å². The number of aliphatic imine (C=N–C) groups is 1. The molecule has 0 radical (unpaired) electrons. The Morgan fingerprint density at radius 2 is 2.05 bits per heavy atom. The van der Waals surface area contributed by atoms with Crippen molar-refractivity contribution in [1.29, 1.82) is 0 Å².